The molecule has 26 heavy (non-hydrogen) atoms. The van der Waals surface area contributed by atoms with Crippen LogP contribution in [0.2, 0.25) is 0 Å². The second-order valence-electron chi connectivity index (χ2n) is 6.09. The lowest BCUT2D eigenvalue weighted by Crippen LogP contribution is -1.96. The lowest BCUT2D eigenvalue weighted by Gasteiger charge is -2.07. The zero-order valence-electron chi connectivity index (χ0n) is 14.6. The van der Waals surface area contributed by atoms with Crippen molar-refractivity contribution in [1.29, 1.82) is 0 Å². The zero-order valence-corrected chi connectivity index (χ0v) is 15.5. The van der Waals surface area contributed by atoms with Gasteiger partial charge in [0, 0.05) is 11.3 Å². The van der Waals surface area contributed by atoms with Gasteiger partial charge in [0.1, 0.15) is 5.69 Å². The summed E-state index contributed by atoms with van der Waals surface area (Å²) in [6.07, 6.45) is 2.32. The van der Waals surface area contributed by atoms with Gasteiger partial charge in [-0.15, -0.1) is 0 Å². The number of imidazole rings is 1. The van der Waals surface area contributed by atoms with Crippen LogP contribution in [0, 0.1) is 0 Å². The molecule has 0 aliphatic heterocycles. The Kier molecular flexibility index (Phi) is 4.97. The Labute approximate surface area is 157 Å². The van der Waals surface area contributed by atoms with Crippen molar-refractivity contribution in [3.8, 4) is 22.8 Å². The SMILES string of the molecule is CCCCSc1nc(-c2ccccc2)cc(-c2nc3ccccc3[nH]2)n1. The number of para-hydroxylation sites is 2. The van der Waals surface area contributed by atoms with Crippen LogP contribution in [-0.2, 0) is 0 Å². The molecule has 0 atom stereocenters. The summed E-state index contributed by atoms with van der Waals surface area (Å²) in [6.45, 7) is 2.20. The van der Waals surface area contributed by atoms with E-state index < -0.39 is 0 Å². The highest BCUT2D eigenvalue weighted by atomic mass is 32.2. The molecule has 0 spiro atoms. The van der Waals surface area contributed by atoms with Crippen LogP contribution in [0.1, 0.15) is 19.8 Å². The molecule has 1 N–H and O–H groups in total. The fourth-order valence-corrected chi connectivity index (χ4v) is 3.69. The molecule has 0 fully saturated rings. The Bertz CT molecular complexity index is 978. The van der Waals surface area contributed by atoms with Crippen LogP contribution in [0.15, 0.2) is 65.8 Å². The third kappa shape index (κ3) is 3.63. The van der Waals surface area contributed by atoms with E-state index in [4.69, 9.17) is 15.0 Å². The molecule has 2 heterocycles. The Morgan fingerprint density at radius 1 is 0.885 bits per heavy atom. The first-order chi connectivity index (χ1) is 12.8. The average molecular weight is 360 g/mol. The number of unbranched alkanes of at least 4 members (excludes halogenated alkanes) is 1. The second kappa shape index (κ2) is 7.70. The molecule has 4 aromatic rings. The number of nitrogens with zero attached hydrogens (tertiary/aromatic N) is 3. The van der Waals surface area contributed by atoms with Gasteiger partial charge in [0.2, 0.25) is 0 Å². The minimum atomic E-state index is 0.781. The summed E-state index contributed by atoms with van der Waals surface area (Å²) in [5.41, 5.74) is 4.80. The van der Waals surface area contributed by atoms with E-state index >= 15 is 0 Å². The zero-order chi connectivity index (χ0) is 17.8. The molecule has 0 amide bonds. The topological polar surface area (TPSA) is 54.5 Å². The third-order valence-electron chi connectivity index (χ3n) is 4.14. The third-order valence-corrected chi connectivity index (χ3v) is 5.07. The molecule has 4 rings (SSSR count). The molecule has 2 aromatic carbocycles. The maximum absolute atomic E-state index is 4.77. The number of fused-ring (bicyclic) bond motifs is 1. The maximum atomic E-state index is 4.77. The molecule has 0 bridgehead atoms. The standard InChI is InChI=1S/C21H20N4S/c1-2-3-13-26-21-24-18(15-9-5-4-6-10-15)14-19(25-21)20-22-16-11-7-8-12-17(16)23-20/h4-12,14H,2-3,13H2,1H3,(H,22,23). The van der Waals surface area contributed by atoms with Gasteiger partial charge in [-0.05, 0) is 24.6 Å². The molecule has 130 valence electrons. The molecule has 0 saturated heterocycles. The van der Waals surface area contributed by atoms with Crippen LogP contribution in [0.5, 0.6) is 0 Å². The van der Waals surface area contributed by atoms with Crippen LogP contribution < -0.4 is 0 Å². The molecular formula is C21H20N4S. The molecule has 0 aliphatic carbocycles. The highest BCUT2D eigenvalue weighted by Crippen LogP contribution is 2.27. The van der Waals surface area contributed by atoms with E-state index in [1.165, 1.54) is 6.42 Å². The summed E-state index contributed by atoms with van der Waals surface area (Å²) in [5.74, 6) is 1.80. The Morgan fingerprint density at radius 2 is 1.65 bits per heavy atom. The Balaban J connectivity index is 1.78. The summed E-state index contributed by atoms with van der Waals surface area (Å²) in [7, 11) is 0. The number of rotatable bonds is 6. The first-order valence-corrected chi connectivity index (χ1v) is 9.84. The molecule has 2 aromatic heterocycles. The van der Waals surface area contributed by atoms with Crippen LogP contribution >= 0.6 is 11.8 Å². The monoisotopic (exact) mass is 360 g/mol. The van der Waals surface area contributed by atoms with E-state index in [0.717, 1.165) is 51.1 Å². The summed E-state index contributed by atoms with van der Waals surface area (Å²) in [5, 5.41) is 0.801. The maximum Gasteiger partial charge on any atom is 0.188 e. The van der Waals surface area contributed by atoms with Gasteiger partial charge >= 0.3 is 0 Å². The summed E-state index contributed by atoms with van der Waals surface area (Å²) >= 11 is 1.71. The van der Waals surface area contributed by atoms with E-state index in [1.54, 1.807) is 11.8 Å². The lowest BCUT2D eigenvalue weighted by atomic mass is 10.1. The number of thioether (sulfide) groups is 1. The molecule has 0 unspecified atom stereocenters. The van der Waals surface area contributed by atoms with Gasteiger partial charge in [-0.25, -0.2) is 15.0 Å². The van der Waals surface area contributed by atoms with Gasteiger partial charge in [0.15, 0.2) is 11.0 Å². The number of nitrogens with one attached hydrogen (secondary N) is 1. The number of hydrogen-bond acceptors (Lipinski definition) is 4. The summed E-state index contributed by atoms with van der Waals surface area (Å²) in [6, 6.07) is 20.3. The van der Waals surface area contributed by atoms with Gasteiger partial charge < -0.3 is 4.98 Å². The van der Waals surface area contributed by atoms with Crippen molar-refractivity contribution < 1.29 is 0 Å². The van der Waals surface area contributed by atoms with Crippen molar-refractivity contribution >= 4 is 22.8 Å². The van der Waals surface area contributed by atoms with Gasteiger partial charge in [0.25, 0.3) is 0 Å². The minimum Gasteiger partial charge on any atom is -0.337 e. The molecule has 0 radical (unpaired) electrons. The van der Waals surface area contributed by atoms with Crippen molar-refractivity contribution in [2.75, 3.05) is 5.75 Å². The lowest BCUT2D eigenvalue weighted by molar-refractivity contribution is 0.888. The van der Waals surface area contributed by atoms with E-state index in [-0.39, 0.29) is 0 Å². The van der Waals surface area contributed by atoms with Gasteiger partial charge in [-0.1, -0.05) is 67.6 Å². The van der Waals surface area contributed by atoms with Crippen molar-refractivity contribution in [1.82, 2.24) is 19.9 Å². The number of aromatic amines is 1. The first kappa shape index (κ1) is 16.8. The average Bonchev–Trinajstić information content (AvgIpc) is 3.13. The number of benzene rings is 2. The minimum absolute atomic E-state index is 0.781. The smallest absolute Gasteiger partial charge is 0.188 e. The Hall–Kier alpha value is -2.66. The van der Waals surface area contributed by atoms with E-state index in [0.29, 0.717) is 0 Å². The number of hydrogen-bond donors (Lipinski definition) is 1. The van der Waals surface area contributed by atoms with Crippen molar-refractivity contribution in [3.63, 3.8) is 0 Å². The molecule has 5 heteroatoms. The quantitative estimate of drug-likeness (QED) is 0.277. The fourth-order valence-electron chi connectivity index (χ4n) is 2.75. The van der Waals surface area contributed by atoms with Gasteiger partial charge in [-0.2, -0.15) is 0 Å². The van der Waals surface area contributed by atoms with Crippen LogP contribution in [0.25, 0.3) is 33.8 Å². The summed E-state index contributed by atoms with van der Waals surface area (Å²) < 4.78 is 0. The van der Waals surface area contributed by atoms with Crippen LogP contribution in [0.3, 0.4) is 0 Å². The highest BCUT2D eigenvalue weighted by molar-refractivity contribution is 7.99. The number of H-pyrrole nitrogens is 1. The Morgan fingerprint density at radius 3 is 2.46 bits per heavy atom. The van der Waals surface area contributed by atoms with Crippen LogP contribution in [0.4, 0.5) is 0 Å². The second-order valence-corrected chi connectivity index (χ2v) is 7.15. The molecular weight excluding hydrogens is 340 g/mol. The van der Waals surface area contributed by atoms with Crippen molar-refractivity contribution in [2.45, 2.75) is 24.9 Å². The van der Waals surface area contributed by atoms with E-state index in [1.807, 2.05) is 48.5 Å². The summed E-state index contributed by atoms with van der Waals surface area (Å²) in [4.78, 5) is 17.6. The van der Waals surface area contributed by atoms with Crippen molar-refractivity contribution in [3.05, 3.63) is 60.7 Å². The highest BCUT2D eigenvalue weighted by Gasteiger charge is 2.12. The van der Waals surface area contributed by atoms with Gasteiger partial charge in [0.05, 0.1) is 16.7 Å². The molecule has 0 saturated carbocycles. The largest absolute Gasteiger partial charge is 0.337 e. The van der Waals surface area contributed by atoms with E-state index in [9.17, 15) is 0 Å². The first-order valence-electron chi connectivity index (χ1n) is 8.86. The predicted molar refractivity (Wildman–Crippen MR) is 108 cm³/mol. The normalized spacial score (nSPS) is 11.1. The number of aromatic nitrogens is 4. The molecule has 4 nitrogen and oxygen atoms in total. The predicted octanol–water partition coefficient (Wildman–Crippen LogP) is 5.58. The molecule has 0 aliphatic rings. The fraction of sp³-hybridized carbons (Fsp3) is 0.190. The van der Waals surface area contributed by atoms with Gasteiger partial charge in [-0.3, -0.25) is 0 Å². The van der Waals surface area contributed by atoms with Crippen LogP contribution in [-0.4, -0.2) is 25.7 Å². The van der Waals surface area contributed by atoms with E-state index in [2.05, 4.69) is 24.0 Å². The van der Waals surface area contributed by atoms with Crippen molar-refractivity contribution in [2.24, 2.45) is 0 Å².